The van der Waals surface area contributed by atoms with Crippen LogP contribution in [0.4, 0.5) is 4.79 Å². The van der Waals surface area contributed by atoms with Crippen molar-refractivity contribution in [1.29, 1.82) is 0 Å². The lowest BCUT2D eigenvalue weighted by Crippen LogP contribution is -2.63. The van der Waals surface area contributed by atoms with Gasteiger partial charge in [-0.05, 0) is 56.3 Å². The van der Waals surface area contributed by atoms with E-state index < -0.39 is 69.7 Å². The summed E-state index contributed by atoms with van der Waals surface area (Å²) in [7, 11) is 0. The molecule has 4 atom stereocenters. The highest BCUT2D eigenvalue weighted by atomic mass is 32.2. The first-order valence-corrected chi connectivity index (χ1v) is 16.6. The molecule has 236 valence electrons. The molecule has 0 radical (unpaired) electrons. The van der Waals surface area contributed by atoms with Crippen molar-refractivity contribution in [3.63, 3.8) is 0 Å². The molecule has 0 bridgehead atoms. The number of ketones is 1. The molecule has 3 saturated carbocycles. The first kappa shape index (κ1) is 32.4. The third-order valence-electron chi connectivity index (χ3n) is 8.85. The fourth-order valence-corrected chi connectivity index (χ4v) is 6.93. The van der Waals surface area contributed by atoms with Gasteiger partial charge in [-0.25, -0.2) is 4.79 Å². The van der Waals surface area contributed by atoms with Crippen LogP contribution in [-0.4, -0.2) is 85.2 Å². The minimum Gasteiger partial charge on any atom is -0.772 e. The maximum absolute atomic E-state index is 13.9. The van der Waals surface area contributed by atoms with Gasteiger partial charge >= 0.3 is 6.03 Å². The molecule has 1 aliphatic heterocycles. The highest BCUT2D eigenvalue weighted by Crippen LogP contribution is 2.34. The topological polar surface area (TPSA) is 177 Å². The summed E-state index contributed by atoms with van der Waals surface area (Å²) in [6.45, 7) is 5.75. The summed E-state index contributed by atoms with van der Waals surface area (Å²) >= 11 is -2.34. The molecule has 12 nitrogen and oxygen atoms in total. The van der Waals surface area contributed by atoms with Crippen LogP contribution in [-0.2, 0) is 30.3 Å². The van der Waals surface area contributed by atoms with Gasteiger partial charge in [-0.3, -0.25) is 23.4 Å². The van der Waals surface area contributed by atoms with Crippen molar-refractivity contribution in [2.75, 3.05) is 12.3 Å². The molecule has 3 aliphatic carbocycles. The van der Waals surface area contributed by atoms with E-state index in [9.17, 15) is 32.7 Å². The monoisotopic (exact) mass is 608 g/mol. The Hall–Kier alpha value is -2.54. The average Bonchev–Trinajstić information content (AvgIpc) is 3.84. The third-order valence-corrected chi connectivity index (χ3v) is 9.63. The molecule has 0 aromatic heterocycles. The number of nitrogens with zero attached hydrogens (tertiary/aromatic N) is 1. The Labute approximate surface area is 250 Å². The standard InChI is InChI=1S/C29H47N5O7S/c1-28(2,3)23(32-27(39)33-29(17-42(40)41)13-5-4-6-14-29)26(38)34-15-7-8-21(34)24(36)31-20(16-18-9-10-18)22(35)25(37)30-19-11-12-19/h18-21,23H,4-17H2,1-3H3,(H,30,37)(H,31,36)(H,40,41)(H2,32,33,39)/p-1/t20?,21-,23+/m0/s1. The summed E-state index contributed by atoms with van der Waals surface area (Å²) in [6.07, 6.45) is 8.61. The first-order valence-electron chi connectivity index (χ1n) is 15.4. The third kappa shape index (κ3) is 8.75. The van der Waals surface area contributed by atoms with Gasteiger partial charge in [0.05, 0.1) is 11.6 Å². The minimum absolute atomic E-state index is 0.0242. The van der Waals surface area contributed by atoms with Crippen LogP contribution in [0.2, 0.25) is 0 Å². The zero-order valence-electron chi connectivity index (χ0n) is 25.0. The van der Waals surface area contributed by atoms with E-state index >= 15 is 0 Å². The number of amides is 5. The van der Waals surface area contributed by atoms with Crippen LogP contribution in [0, 0.1) is 11.3 Å². The normalized spacial score (nSPS) is 24.2. The molecule has 4 rings (SSSR count). The largest absolute Gasteiger partial charge is 0.772 e. The van der Waals surface area contributed by atoms with Gasteiger partial charge in [0.2, 0.25) is 17.6 Å². The van der Waals surface area contributed by atoms with Crippen molar-refractivity contribution in [2.24, 2.45) is 11.3 Å². The van der Waals surface area contributed by atoms with Crippen molar-refractivity contribution in [3.8, 4) is 0 Å². The van der Waals surface area contributed by atoms with Gasteiger partial charge in [0.25, 0.3) is 5.91 Å². The van der Waals surface area contributed by atoms with Crippen molar-refractivity contribution in [2.45, 2.75) is 128 Å². The second-order valence-corrected chi connectivity index (χ2v) is 14.6. The Kier molecular flexibility index (Phi) is 10.3. The number of hydrogen-bond donors (Lipinski definition) is 4. The molecule has 4 aliphatic rings. The van der Waals surface area contributed by atoms with Gasteiger partial charge in [0.15, 0.2) is 0 Å². The number of carbonyl (C=O) groups is 5. The SMILES string of the molecule is CC(C)(C)[C@H](NC(=O)NC1(CS(=O)[O-])CCCCC1)C(=O)N1CCC[C@H]1C(=O)NC(CC1CC1)C(=O)C(=O)NC1CC1. The summed E-state index contributed by atoms with van der Waals surface area (Å²) in [6, 6.07) is -3.36. The Morgan fingerprint density at radius 2 is 1.62 bits per heavy atom. The molecule has 1 saturated heterocycles. The van der Waals surface area contributed by atoms with Crippen molar-refractivity contribution >= 4 is 40.6 Å². The van der Waals surface area contributed by atoms with E-state index in [0.29, 0.717) is 38.6 Å². The van der Waals surface area contributed by atoms with Gasteiger partial charge in [0, 0.05) is 18.3 Å². The van der Waals surface area contributed by atoms with Gasteiger partial charge < -0.3 is 30.7 Å². The molecule has 0 aromatic carbocycles. The zero-order valence-corrected chi connectivity index (χ0v) is 25.8. The van der Waals surface area contributed by atoms with Crippen molar-refractivity contribution in [3.05, 3.63) is 0 Å². The maximum atomic E-state index is 13.9. The number of rotatable bonds is 12. The predicted molar refractivity (Wildman–Crippen MR) is 155 cm³/mol. The molecule has 42 heavy (non-hydrogen) atoms. The van der Waals surface area contributed by atoms with E-state index in [1.54, 1.807) is 0 Å². The summed E-state index contributed by atoms with van der Waals surface area (Å²) in [5.41, 5.74) is -1.60. The van der Waals surface area contributed by atoms with Crippen LogP contribution in [0.25, 0.3) is 0 Å². The summed E-state index contributed by atoms with van der Waals surface area (Å²) in [5.74, 6) is -2.13. The molecule has 4 fully saturated rings. The molecular formula is C29H46N5O7S-. The van der Waals surface area contributed by atoms with E-state index in [4.69, 9.17) is 0 Å². The van der Waals surface area contributed by atoms with Crippen LogP contribution in [0.3, 0.4) is 0 Å². The number of carbonyl (C=O) groups excluding carboxylic acids is 5. The molecular weight excluding hydrogens is 562 g/mol. The van der Waals surface area contributed by atoms with E-state index in [2.05, 4.69) is 21.3 Å². The van der Waals surface area contributed by atoms with Gasteiger partial charge in [-0.15, -0.1) is 0 Å². The van der Waals surface area contributed by atoms with Crippen LogP contribution in [0.5, 0.6) is 0 Å². The van der Waals surface area contributed by atoms with Crippen LogP contribution in [0.1, 0.15) is 97.8 Å². The number of hydrogen-bond acceptors (Lipinski definition) is 7. The highest BCUT2D eigenvalue weighted by Gasteiger charge is 2.44. The average molecular weight is 609 g/mol. The lowest BCUT2D eigenvalue weighted by Gasteiger charge is -2.40. The quantitative estimate of drug-likeness (QED) is 0.191. The molecule has 13 heteroatoms. The first-order chi connectivity index (χ1) is 19.8. The lowest BCUT2D eigenvalue weighted by molar-refractivity contribution is -0.144. The fraction of sp³-hybridized carbons (Fsp3) is 0.828. The van der Waals surface area contributed by atoms with Crippen LogP contribution < -0.4 is 21.3 Å². The zero-order chi connectivity index (χ0) is 30.7. The Balaban J connectivity index is 1.43. The second-order valence-electron chi connectivity index (χ2n) is 13.7. The summed E-state index contributed by atoms with van der Waals surface area (Å²) in [4.78, 5) is 67.5. The fourth-order valence-electron chi connectivity index (χ4n) is 6.11. The second kappa shape index (κ2) is 13.4. The minimum atomic E-state index is -2.34. The van der Waals surface area contributed by atoms with Gasteiger partial charge in [-0.1, -0.05) is 64.0 Å². The molecule has 0 aromatic rings. The van der Waals surface area contributed by atoms with Gasteiger partial charge in [-0.2, -0.15) is 0 Å². The number of urea groups is 1. The molecule has 1 heterocycles. The van der Waals surface area contributed by atoms with Crippen LogP contribution >= 0.6 is 0 Å². The molecule has 0 spiro atoms. The maximum Gasteiger partial charge on any atom is 0.315 e. The van der Waals surface area contributed by atoms with E-state index in [-0.39, 0.29) is 17.7 Å². The van der Waals surface area contributed by atoms with E-state index in [0.717, 1.165) is 44.9 Å². The molecule has 4 N–H and O–H groups in total. The van der Waals surface area contributed by atoms with E-state index in [1.807, 2.05) is 20.8 Å². The predicted octanol–water partition coefficient (Wildman–Crippen LogP) is 1.41. The smallest absolute Gasteiger partial charge is 0.315 e. The lowest BCUT2D eigenvalue weighted by atomic mass is 9.83. The van der Waals surface area contributed by atoms with Crippen molar-refractivity contribution < 1.29 is 32.7 Å². The van der Waals surface area contributed by atoms with Crippen molar-refractivity contribution in [1.82, 2.24) is 26.2 Å². The van der Waals surface area contributed by atoms with Gasteiger partial charge in [0.1, 0.15) is 12.1 Å². The highest BCUT2D eigenvalue weighted by molar-refractivity contribution is 7.79. The molecule has 5 amide bonds. The number of likely N-dealkylation sites (tertiary alicyclic amines) is 1. The summed E-state index contributed by atoms with van der Waals surface area (Å²) in [5, 5.41) is 11.1. The Morgan fingerprint density at radius 1 is 0.952 bits per heavy atom. The van der Waals surface area contributed by atoms with Crippen LogP contribution in [0.15, 0.2) is 0 Å². The molecule has 2 unspecified atom stereocenters. The number of Topliss-reactive ketones (excluding diaryl/α,β-unsaturated/α-hetero) is 1. The summed E-state index contributed by atoms with van der Waals surface area (Å²) < 4.78 is 23.1. The number of nitrogens with one attached hydrogen (secondary N) is 4. The van der Waals surface area contributed by atoms with E-state index in [1.165, 1.54) is 4.90 Å². The Morgan fingerprint density at radius 3 is 2.19 bits per heavy atom. The Bertz CT molecular complexity index is 1080.